The van der Waals surface area contributed by atoms with Crippen molar-refractivity contribution < 1.29 is 14.5 Å². The molecule has 0 unspecified atom stereocenters. The Morgan fingerprint density at radius 1 is 1.06 bits per heavy atom. The van der Waals surface area contributed by atoms with Crippen molar-refractivity contribution in [2.24, 2.45) is 5.92 Å². The van der Waals surface area contributed by atoms with Crippen molar-refractivity contribution in [3.63, 3.8) is 0 Å². The Hall–Kier alpha value is -3.88. The van der Waals surface area contributed by atoms with E-state index in [4.69, 9.17) is 0 Å². The highest BCUT2D eigenvalue weighted by Gasteiger charge is 2.30. The molecule has 1 aliphatic rings. The molecular weight excluding hydrogens is 398 g/mol. The van der Waals surface area contributed by atoms with Gasteiger partial charge < -0.3 is 4.90 Å². The van der Waals surface area contributed by atoms with Gasteiger partial charge in [-0.25, -0.2) is 4.68 Å². The van der Waals surface area contributed by atoms with Crippen molar-refractivity contribution in [2.45, 2.75) is 19.8 Å². The minimum atomic E-state index is -0.483. The number of hydrogen-bond acceptors (Lipinski definition) is 6. The lowest BCUT2D eigenvalue weighted by Gasteiger charge is -2.31. The van der Waals surface area contributed by atoms with Gasteiger partial charge in [0, 0.05) is 36.7 Å². The number of amides is 1. The Kier molecular flexibility index (Phi) is 5.57. The van der Waals surface area contributed by atoms with Gasteiger partial charge in [-0.1, -0.05) is 41.6 Å². The number of nitro benzene ring substituents is 1. The smallest absolute Gasteiger partial charge is 0.276 e. The topological polar surface area (TPSA) is 111 Å². The Bertz CT molecular complexity index is 1130. The van der Waals surface area contributed by atoms with E-state index in [1.54, 1.807) is 24.0 Å². The summed E-state index contributed by atoms with van der Waals surface area (Å²) < 4.78 is 1.42. The number of carbonyl (C=O) groups is 2. The zero-order valence-electron chi connectivity index (χ0n) is 17.0. The van der Waals surface area contributed by atoms with E-state index >= 15 is 0 Å². The zero-order valence-corrected chi connectivity index (χ0v) is 17.0. The van der Waals surface area contributed by atoms with Crippen LogP contribution in [0.3, 0.4) is 0 Å². The maximum absolute atomic E-state index is 13.0. The third-order valence-corrected chi connectivity index (χ3v) is 5.59. The highest BCUT2D eigenvalue weighted by atomic mass is 16.6. The number of ketones is 1. The number of non-ortho nitro benzene ring substituents is 1. The molecule has 0 N–H and O–H groups in total. The summed E-state index contributed by atoms with van der Waals surface area (Å²) >= 11 is 0. The van der Waals surface area contributed by atoms with E-state index in [1.807, 2.05) is 30.3 Å². The number of piperidine rings is 1. The lowest BCUT2D eigenvalue weighted by Crippen LogP contribution is -2.40. The van der Waals surface area contributed by atoms with Crippen LogP contribution in [0.4, 0.5) is 5.69 Å². The van der Waals surface area contributed by atoms with Crippen LogP contribution in [0.1, 0.15) is 39.4 Å². The van der Waals surface area contributed by atoms with Crippen LogP contribution in [0.2, 0.25) is 0 Å². The van der Waals surface area contributed by atoms with E-state index in [-0.39, 0.29) is 29.0 Å². The average molecular weight is 419 g/mol. The number of nitro groups is 1. The van der Waals surface area contributed by atoms with Crippen molar-refractivity contribution in [1.29, 1.82) is 0 Å². The highest BCUT2D eigenvalue weighted by Crippen LogP contribution is 2.24. The summed E-state index contributed by atoms with van der Waals surface area (Å²) in [6.45, 7) is 2.63. The minimum absolute atomic E-state index is 0.0644. The molecule has 31 heavy (non-hydrogen) atoms. The largest absolute Gasteiger partial charge is 0.337 e. The molecule has 1 aromatic heterocycles. The van der Waals surface area contributed by atoms with E-state index in [1.165, 1.54) is 16.8 Å². The van der Waals surface area contributed by atoms with E-state index in [0.29, 0.717) is 42.9 Å². The highest BCUT2D eigenvalue weighted by molar-refractivity contribution is 5.98. The van der Waals surface area contributed by atoms with Crippen molar-refractivity contribution in [3.05, 3.63) is 81.7 Å². The minimum Gasteiger partial charge on any atom is -0.337 e. The molecule has 2 aromatic carbocycles. The summed E-state index contributed by atoms with van der Waals surface area (Å²) in [5, 5.41) is 19.1. The maximum Gasteiger partial charge on any atom is 0.276 e. The van der Waals surface area contributed by atoms with E-state index in [9.17, 15) is 19.7 Å². The lowest BCUT2D eigenvalue weighted by molar-refractivity contribution is -0.384. The molecule has 1 aliphatic heterocycles. The summed E-state index contributed by atoms with van der Waals surface area (Å²) in [6, 6.07) is 15.2. The number of likely N-dealkylation sites (tertiary alicyclic amines) is 1. The second-order valence-electron chi connectivity index (χ2n) is 7.51. The first-order chi connectivity index (χ1) is 15.0. The molecule has 9 nitrogen and oxygen atoms in total. The van der Waals surface area contributed by atoms with Gasteiger partial charge in [-0.3, -0.25) is 19.7 Å². The van der Waals surface area contributed by atoms with Gasteiger partial charge >= 0.3 is 0 Å². The molecule has 9 heteroatoms. The maximum atomic E-state index is 13.0. The van der Waals surface area contributed by atoms with Crippen molar-refractivity contribution >= 4 is 17.4 Å². The molecular formula is C22H21N5O4. The fourth-order valence-electron chi connectivity index (χ4n) is 3.84. The van der Waals surface area contributed by atoms with Crippen LogP contribution in [0, 0.1) is 23.0 Å². The molecule has 4 rings (SSSR count). The Morgan fingerprint density at radius 3 is 2.45 bits per heavy atom. The summed E-state index contributed by atoms with van der Waals surface area (Å²) in [5.74, 6) is -0.242. The number of carbonyl (C=O) groups excluding carboxylic acids is 2. The third kappa shape index (κ3) is 4.07. The van der Waals surface area contributed by atoms with Crippen LogP contribution < -0.4 is 0 Å². The average Bonchev–Trinajstić information content (AvgIpc) is 3.20. The standard InChI is InChI=1S/C22H21N5O4/c1-15-20(23-24-26(15)18-8-5-9-19(14-18)27(30)31)22(29)25-12-10-17(11-13-25)21(28)16-6-3-2-4-7-16/h2-9,14,17H,10-13H2,1H3. The molecule has 1 saturated heterocycles. The van der Waals surface area contributed by atoms with Crippen LogP contribution in [-0.4, -0.2) is 49.6 Å². The molecule has 0 atom stereocenters. The molecule has 3 aromatic rings. The predicted molar refractivity (Wildman–Crippen MR) is 112 cm³/mol. The Balaban J connectivity index is 1.46. The molecule has 0 spiro atoms. The Labute approximate surface area is 178 Å². The third-order valence-electron chi connectivity index (χ3n) is 5.59. The molecule has 158 valence electrons. The first-order valence-corrected chi connectivity index (χ1v) is 10.0. The SMILES string of the molecule is Cc1c(C(=O)N2CCC(C(=O)c3ccccc3)CC2)nnn1-c1cccc([N+](=O)[O-])c1. The first kappa shape index (κ1) is 20.4. The van der Waals surface area contributed by atoms with Crippen LogP contribution >= 0.6 is 0 Å². The number of Topliss-reactive ketones (excluding diaryl/α,β-unsaturated/α-hetero) is 1. The van der Waals surface area contributed by atoms with Gasteiger partial charge in [-0.2, -0.15) is 0 Å². The molecule has 0 bridgehead atoms. The van der Waals surface area contributed by atoms with Crippen LogP contribution in [0.25, 0.3) is 5.69 Å². The molecule has 0 aliphatic carbocycles. The quantitative estimate of drug-likeness (QED) is 0.357. The van der Waals surface area contributed by atoms with Gasteiger partial charge in [0.25, 0.3) is 11.6 Å². The van der Waals surface area contributed by atoms with Crippen molar-refractivity contribution in [3.8, 4) is 5.69 Å². The molecule has 2 heterocycles. The number of aromatic nitrogens is 3. The summed E-state index contributed by atoms with van der Waals surface area (Å²) in [7, 11) is 0. The number of benzene rings is 2. The molecule has 0 radical (unpaired) electrons. The number of rotatable bonds is 5. The fraction of sp³-hybridized carbons (Fsp3) is 0.273. The van der Waals surface area contributed by atoms with Crippen molar-refractivity contribution in [2.75, 3.05) is 13.1 Å². The van der Waals surface area contributed by atoms with Crippen molar-refractivity contribution in [1.82, 2.24) is 19.9 Å². The predicted octanol–water partition coefficient (Wildman–Crippen LogP) is 3.22. The second kappa shape index (κ2) is 8.47. The summed E-state index contributed by atoms with van der Waals surface area (Å²) in [6.07, 6.45) is 1.19. The van der Waals surface area contributed by atoms with Gasteiger partial charge in [-0.05, 0) is 25.8 Å². The van der Waals surface area contributed by atoms with E-state index in [2.05, 4.69) is 10.3 Å². The van der Waals surface area contributed by atoms with Crippen LogP contribution in [-0.2, 0) is 0 Å². The van der Waals surface area contributed by atoms with Gasteiger partial charge in [0.05, 0.1) is 16.3 Å². The van der Waals surface area contributed by atoms with Crippen LogP contribution in [0.5, 0.6) is 0 Å². The molecule has 1 fully saturated rings. The van der Waals surface area contributed by atoms with Gasteiger partial charge in [0.15, 0.2) is 11.5 Å². The fourth-order valence-corrected chi connectivity index (χ4v) is 3.84. The molecule has 1 amide bonds. The Morgan fingerprint density at radius 2 is 1.77 bits per heavy atom. The lowest BCUT2D eigenvalue weighted by atomic mass is 9.89. The normalized spacial score (nSPS) is 14.4. The van der Waals surface area contributed by atoms with Gasteiger partial charge in [-0.15, -0.1) is 5.10 Å². The van der Waals surface area contributed by atoms with Crippen LogP contribution in [0.15, 0.2) is 54.6 Å². The second-order valence-corrected chi connectivity index (χ2v) is 7.51. The zero-order chi connectivity index (χ0) is 22.0. The van der Waals surface area contributed by atoms with E-state index < -0.39 is 4.92 Å². The first-order valence-electron chi connectivity index (χ1n) is 10.0. The number of hydrogen-bond donors (Lipinski definition) is 0. The summed E-state index contributed by atoms with van der Waals surface area (Å²) in [4.78, 5) is 37.9. The summed E-state index contributed by atoms with van der Waals surface area (Å²) in [5.41, 5.74) is 1.81. The monoisotopic (exact) mass is 419 g/mol. The van der Waals surface area contributed by atoms with Gasteiger partial charge in [0.1, 0.15) is 0 Å². The number of nitrogens with zero attached hydrogens (tertiary/aromatic N) is 5. The van der Waals surface area contributed by atoms with E-state index in [0.717, 1.165) is 0 Å². The molecule has 0 saturated carbocycles. The van der Waals surface area contributed by atoms with Gasteiger partial charge in [0.2, 0.25) is 0 Å².